The molecule has 3 heterocycles. The van der Waals surface area contributed by atoms with Gasteiger partial charge in [-0.3, -0.25) is 0 Å². The van der Waals surface area contributed by atoms with Gasteiger partial charge < -0.3 is 25.0 Å². The van der Waals surface area contributed by atoms with Crippen molar-refractivity contribution in [2.75, 3.05) is 24.7 Å². The first kappa shape index (κ1) is 27.3. The average Bonchev–Trinajstić information content (AvgIpc) is 3.27. The van der Waals surface area contributed by atoms with E-state index in [1.54, 1.807) is 6.07 Å². The van der Waals surface area contributed by atoms with Gasteiger partial charge in [0, 0.05) is 23.7 Å². The van der Waals surface area contributed by atoms with Crippen LogP contribution in [0.3, 0.4) is 0 Å². The van der Waals surface area contributed by atoms with Crippen molar-refractivity contribution in [2.45, 2.75) is 59.0 Å². The number of nitrogens with two attached hydrogens (primary N) is 1. The van der Waals surface area contributed by atoms with Gasteiger partial charge in [0.2, 0.25) is 5.95 Å². The number of aliphatic imine (C=N–C) groups is 1. The third-order valence-electron chi connectivity index (χ3n) is 7.89. The molecule has 2 aromatic heterocycles. The molecule has 1 amide bonds. The molecular weight excluding hydrogens is 518 g/mol. The van der Waals surface area contributed by atoms with Crippen molar-refractivity contribution in [1.82, 2.24) is 19.5 Å². The Bertz CT molecular complexity index is 1380. The van der Waals surface area contributed by atoms with Gasteiger partial charge in [0.1, 0.15) is 11.2 Å². The smallest absolute Gasteiger partial charge is 0.433 e. The second kappa shape index (κ2) is 11.5. The molecule has 11 heteroatoms. The number of anilines is 1. The van der Waals surface area contributed by atoms with Crippen molar-refractivity contribution in [2.24, 2.45) is 28.5 Å². The van der Waals surface area contributed by atoms with E-state index in [2.05, 4.69) is 40.2 Å². The van der Waals surface area contributed by atoms with Crippen LogP contribution in [0, 0.1) is 17.8 Å². The highest BCUT2D eigenvalue weighted by Crippen LogP contribution is 2.36. The maximum Gasteiger partial charge on any atom is 0.433 e. The number of hydrogen-bond acceptors (Lipinski definition) is 6. The van der Waals surface area contributed by atoms with Crippen molar-refractivity contribution in [1.29, 1.82) is 0 Å². The molecule has 10 nitrogen and oxygen atoms in total. The second-order valence-electron chi connectivity index (χ2n) is 11.1. The number of fused-ring (bicyclic) bond motifs is 1. The molecule has 5 rings (SSSR count). The van der Waals surface area contributed by atoms with Crippen molar-refractivity contribution in [3.63, 3.8) is 0 Å². The molecule has 1 unspecified atom stereocenters. The number of carboxylic acid groups (broad SMARTS) is 1. The van der Waals surface area contributed by atoms with Crippen LogP contribution in [0.5, 0.6) is 0 Å². The zero-order valence-corrected chi connectivity index (χ0v) is 23.4. The van der Waals surface area contributed by atoms with Crippen molar-refractivity contribution < 1.29 is 14.6 Å². The predicted octanol–water partition coefficient (Wildman–Crippen LogP) is 5.22. The number of carbonyl (C=O) groups is 1. The highest BCUT2D eigenvalue weighted by atomic mass is 35.5. The first-order valence-electron chi connectivity index (χ1n) is 13.7. The molecular formula is C28H36ClN7O3. The lowest BCUT2D eigenvalue weighted by molar-refractivity contribution is 0.0792. The summed E-state index contributed by atoms with van der Waals surface area (Å²) in [6.45, 7) is 9.45. The SMILES string of the molecule is CC1CCC(Cn2c(N3CCOCC3C(C)C)nc3nc(C(N)=NC(=O)O)nc(-c4cccc(Cl)c4)c32)CC1. The molecule has 0 radical (unpaired) electrons. The van der Waals surface area contributed by atoms with E-state index in [9.17, 15) is 9.90 Å². The molecule has 208 valence electrons. The van der Waals surface area contributed by atoms with E-state index >= 15 is 0 Å². The second-order valence-corrected chi connectivity index (χ2v) is 11.5. The third-order valence-corrected chi connectivity index (χ3v) is 8.13. The van der Waals surface area contributed by atoms with Gasteiger partial charge in [0.15, 0.2) is 17.3 Å². The quantitative estimate of drug-likeness (QED) is 0.314. The number of aromatic nitrogens is 4. The summed E-state index contributed by atoms with van der Waals surface area (Å²) < 4.78 is 8.12. The molecule has 1 saturated heterocycles. The number of nitrogens with zero attached hydrogens (tertiary/aromatic N) is 6. The van der Waals surface area contributed by atoms with Crippen LogP contribution >= 0.6 is 11.6 Å². The van der Waals surface area contributed by atoms with E-state index in [1.165, 1.54) is 12.8 Å². The summed E-state index contributed by atoms with van der Waals surface area (Å²) in [5.41, 5.74) is 8.63. The van der Waals surface area contributed by atoms with Crippen LogP contribution < -0.4 is 10.6 Å². The molecule has 2 fully saturated rings. The highest BCUT2D eigenvalue weighted by Gasteiger charge is 2.32. The predicted molar refractivity (Wildman–Crippen MR) is 152 cm³/mol. The number of rotatable bonds is 6. The number of halogens is 1. The van der Waals surface area contributed by atoms with E-state index < -0.39 is 6.09 Å². The van der Waals surface area contributed by atoms with Crippen LogP contribution in [0.4, 0.5) is 10.7 Å². The van der Waals surface area contributed by atoms with Crippen LogP contribution in [0.25, 0.3) is 22.4 Å². The molecule has 1 saturated carbocycles. The Kier molecular flexibility index (Phi) is 8.04. The Morgan fingerprint density at radius 2 is 2.00 bits per heavy atom. The molecule has 0 bridgehead atoms. The number of benzene rings is 1. The normalized spacial score (nSPS) is 22.5. The molecule has 0 spiro atoms. The Labute approximate surface area is 233 Å². The number of imidazole rings is 1. The van der Waals surface area contributed by atoms with Gasteiger partial charge in [-0.1, -0.05) is 57.3 Å². The summed E-state index contributed by atoms with van der Waals surface area (Å²) in [6.07, 6.45) is 3.32. The monoisotopic (exact) mass is 553 g/mol. The lowest BCUT2D eigenvalue weighted by Gasteiger charge is -2.39. The van der Waals surface area contributed by atoms with Gasteiger partial charge in [-0.15, -0.1) is 0 Å². The van der Waals surface area contributed by atoms with E-state index in [0.29, 0.717) is 48.0 Å². The summed E-state index contributed by atoms with van der Waals surface area (Å²) >= 11 is 6.39. The minimum atomic E-state index is -1.41. The largest absolute Gasteiger partial charge is 0.463 e. The average molecular weight is 554 g/mol. The van der Waals surface area contributed by atoms with Gasteiger partial charge in [-0.2, -0.15) is 9.98 Å². The Hall–Kier alpha value is -3.24. The maximum absolute atomic E-state index is 11.3. The van der Waals surface area contributed by atoms with E-state index in [1.807, 2.05) is 18.2 Å². The molecule has 1 atom stereocenters. The summed E-state index contributed by atoms with van der Waals surface area (Å²) in [5.74, 6) is 2.16. The van der Waals surface area contributed by atoms with Crippen LogP contribution in [-0.2, 0) is 11.3 Å². The fourth-order valence-corrected chi connectivity index (χ4v) is 5.91. The van der Waals surface area contributed by atoms with Crippen molar-refractivity contribution >= 4 is 40.6 Å². The lowest BCUT2D eigenvalue weighted by Crippen LogP contribution is -2.49. The fraction of sp³-hybridized carbons (Fsp3) is 0.536. The van der Waals surface area contributed by atoms with Crippen LogP contribution in [0.1, 0.15) is 52.3 Å². The summed E-state index contributed by atoms with van der Waals surface area (Å²) in [5, 5.41) is 9.77. The zero-order valence-electron chi connectivity index (χ0n) is 22.7. The fourth-order valence-electron chi connectivity index (χ4n) is 5.71. The number of hydrogen-bond donors (Lipinski definition) is 2. The molecule has 1 aliphatic heterocycles. The minimum absolute atomic E-state index is 0.0185. The first-order chi connectivity index (χ1) is 18.7. The Morgan fingerprint density at radius 1 is 1.23 bits per heavy atom. The topological polar surface area (TPSA) is 132 Å². The Morgan fingerprint density at radius 3 is 2.69 bits per heavy atom. The molecule has 39 heavy (non-hydrogen) atoms. The molecule has 1 aromatic carbocycles. The number of amidine groups is 1. The molecule has 3 aromatic rings. The third kappa shape index (κ3) is 5.86. The molecule has 3 N–H and O–H groups in total. The summed E-state index contributed by atoms with van der Waals surface area (Å²) in [6, 6.07) is 7.58. The first-order valence-corrected chi connectivity index (χ1v) is 14.0. The van der Waals surface area contributed by atoms with Crippen LogP contribution in [0.15, 0.2) is 29.3 Å². The Balaban J connectivity index is 1.75. The van der Waals surface area contributed by atoms with Gasteiger partial charge in [-0.25, -0.2) is 14.8 Å². The molecule has 1 aliphatic carbocycles. The van der Waals surface area contributed by atoms with E-state index in [-0.39, 0.29) is 17.7 Å². The highest BCUT2D eigenvalue weighted by molar-refractivity contribution is 6.30. The van der Waals surface area contributed by atoms with E-state index in [0.717, 1.165) is 42.3 Å². The maximum atomic E-state index is 11.3. The number of amides is 1. The summed E-state index contributed by atoms with van der Waals surface area (Å²) in [7, 11) is 0. The standard InChI is InChI=1S/C28H36ClN7O3/c1-16(2)21-15-39-12-11-35(21)27-34-25-23(36(27)14-18-9-7-17(3)8-10-18)22(19-5-4-6-20(29)13-19)31-26(33-25)24(30)32-28(37)38/h4-6,13,16-18,21H,7-12,14-15H2,1-3H3,(H2,30,32)(H,37,38). The van der Waals surface area contributed by atoms with Gasteiger partial charge in [0.25, 0.3) is 0 Å². The van der Waals surface area contributed by atoms with Crippen molar-refractivity contribution in [3.05, 3.63) is 35.1 Å². The van der Waals surface area contributed by atoms with Gasteiger partial charge in [-0.05, 0) is 42.7 Å². The number of ether oxygens (including phenoxy) is 1. The van der Waals surface area contributed by atoms with Gasteiger partial charge >= 0.3 is 6.09 Å². The van der Waals surface area contributed by atoms with E-state index in [4.69, 9.17) is 32.0 Å². The summed E-state index contributed by atoms with van der Waals surface area (Å²) in [4.78, 5) is 31.5. The zero-order chi connectivity index (χ0) is 27.7. The van der Waals surface area contributed by atoms with Crippen molar-refractivity contribution in [3.8, 4) is 11.3 Å². The molecule has 2 aliphatic rings. The minimum Gasteiger partial charge on any atom is -0.463 e. The van der Waals surface area contributed by atoms with Crippen LogP contribution in [-0.4, -0.2) is 62.4 Å². The van der Waals surface area contributed by atoms with Crippen LogP contribution in [0.2, 0.25) is 5.02 Å². The van der Waals surface area contributed by atoms with Gasteiger partial charge in [0.05, 0.1) is 19.3 Å². The lowest BCUT2D eigenvalue weighted by atomic mass is 9.83. The number of morpholine rings is 1.